The van der Waals surface area contributed by atoms with Crippen LogP contribution in [0.25, 0.3) is 0 Å². The molecule has 5 nitrogen and oxygen atoms in total. The maximum atomic E-state index is 11.5. The molecule has 1 saturated carbocycles. The smallest absolute Gasteiger partial charge is 0.225 e. The van der Waals surface area contributed by atoms with Gasteiger partial charge in [-0.05, 0) is 26.2 Å². The lowest BCUT2D eigenvalue weighted by Gasteiger charge is -2.40. The highest BCUT2D eigenvalue weighted by Crippen LogP contribution is 2.34. The van der Waals surface area contributed by atoms with Crippen LogP contribution in [0.2, 0.25) is 0 Å². The van der Waals surface area contributed by atoms with Gasteiger partial charge >= 0.3 is 0 Å². The number of ether oxygens (including phenoxy) is 1. The number of carbonyl (C=O) groups excluding carboxylic acids is 1. The molecule has 0 saturated heterocycles. The van der Waals surface area contributed by atoms with Crippen molar-refractivity contribution in [2.75, 3.05) is 25.1 Å². The number of amides is 1. The Labute approximate surface area is 124 Å². The van der Waals surface area contributed by atoms with E-state index in [0.29, 0.717) is 6.54 Å². The number of hydrogen-bond donors (Lipinski definition) is 1. The topological polar surface area (TPSA) is 54.5 Å². The Bertz CT molecular complexity index is 452. The largest absolute Gasteiger partial charge is 0.377 e. The number of rotatable bonds is 7. The molecule has 2 rings (SSSR count). The first-order chi connectivity index (χ1) is 9.60. The Morgan fingerprint density at radius 2 is 2.35 bits per heavy atom. The molecule has 1 fully saturated rings. The average Bonchev–Trinajstić information content (AvgIpc) is 2.82. The Morgan fingerprint density at radius 3 is 2.85 bits per heavy atom. The minimum absolute atomic E-state index is 0.0354. The van der Waals surface area contributed by atoms with Crippen LogP contribution in [-0.4, -0.2) is 36.7 Å². The van der Waals surface area contributed by atoms with Gasteiger partial charge in [-0.2, -0.15) is 0 Å². The Hall–Kier alpha value is -0.980. The van der Waals surface area contributed by atoms with Crippen molar-refractivity contribution in [2.24, 2.45) is 0 Å². The zero-order valence-electron chi connectivity index (χ0n) is 12.4. The molecule has 1 heterocycles. The van der Waals surface area contributed by atoms with Crippen LogP contribution in [0, 0.1) is 0 Å². The van der Waals surface area contributed by atoms with E-state index in [1.807, 2.05) is 12.3 Å². The molecule has 6 heteroatoms. The van der Waals surface area contributed by atoms with Crippen molar-refractivity contribution in [3.8, 4) is 0 Å². The zero-order valence-corrected chi connectivity index (χ0v) is 13.3. The van der Waals surface area contributed by atoms with E-state index in [9.17, 15) is 4.79 Å². The second-order valence-corrected chi connectivity index (χ2v) is 6.07. The minimum atomic E-state index is 0.0354. The molecule has 20 heavy (non-hydrogen) atoms. The van der Waals surface area contributed by atoms with Gasteiger partial charge in [0.05, 0.1) is 11.3 Å². The van der Waals surface area contributed by atoms with Crippen LogP contribution in [-0.2, 0) is 16.1 Å². The number of carbonyl (C=O) groups is 1. The van der Waals surface area contributed by atoms with Crippen LogP contribution >= 0.6 is 11.3 Å². The van der Waals surface area contributed by atoms with E-state index in [-0.39, 0.29) is 11.5 Å². The maximum absolute atomic E-state index is 11.5. The van der Waals surface area contributed by atoms with Gasteiger partial charge in [-0.1, -0.05) is 0 Å². The summed E-state index contributed by atoms with van der Waals surface area (Å²) in [6.45, 7) is 5.77. The summed E-state index contributed by atoms with van der Waals surface area (Å²) < 4.78 is 5.57. The van der Waals surface area contributed by atoms with Gasteiger partial charge in [0.1, 0.15) is 0 Å². The predicted octanol–water partition coefficient (Wildman–Crippen LogP) is 2.17. The molecule has 1 N–H and O–H groups in total. The molecule has 1 aromatic rings. The first-order valence-electron chi connectivity index (χ1n) is 7.08. The second kappa shape index (κ2) is 6.65. The van der Waals surface area contributed by atoms with E-state index in [2.05, 4.69) is 10.3 Å². The number of aromatic nitrogens is 1. The van der Waals surface area contributed by atoms with E-state index < -0.39 is 0 Å². The van der Waals surface area contributed by atoms with Crippen LogP contribution in [0.5, 0.6) is 0 Å². The summed E-state index contributed by atoms with van der Waals surface area (Å²) >= 11 is 1.52. The van der Waals surface area contributed by atoms with Gasteiger partial charge in [-0.25, -0.2) is 4.98 Å². The molecule has 0 aromatic carbocycles. The molecule has 0 spiro atoms. The molecule has 1 aliphatic carbocycles. The summed E-state index contributed by atoms with van der Waals surface area (Å²) in [5, 5.41) is 6.20. The third kappa shape index (κ3) is 3.37. The van der Waals surface area contributed by atoms with Crippen molar-refractivity contribution < 1.29 is 9.53 Å². The van der Waals surface area contributed by atoms with Gasteiger partial charge in [0, 0.05) is 39.0 Å². The quantitative estimate of drug-likeness (QED) is 0.838. The molecular formula is C14H23N3O2S. The summed E-state index contributed by atoms with van der Waals surface area (Å²) in [4.78, 5) is 17.7. The number of hydrogen-bond acceptors (Lipinski definition) is 5. The fraction of sp³-hybridized carbons (Fsp3) is 0.714. The Balaban J connectivity index is 1.85. The minimum Gasteiger partial charge on any atom is -0.377 e. The van der Waals surface area contributed by atoms with E-state index in [4.69, 9.17) is 4.74 Å². The van der Waals surface area contributed by atoms with Crippen molar-refractivity contribution in [1.82, 2.24) is 10.3 Å². The first kappa shape index (κ1) is 15.4. The number of nitrogens with zero attached hydrogens (tertiary/aromatic N) is 2. The summed E-state index contributed by atoms with van der Waals surface area (Å²) in [5.74, 6) is 0.0363. The number of nitrogens with one attached hydrogen (secondary N) is 1. The molecular weight excluding hydrogens is 274 g/mol. The van der Waals surface area contributed by atoms with Crippen LogP contribution in [0.15, 0.2) is 5.38 Å². The average molecular weight is 297 g/mol. The summed E-state index contributed by atoms with van der Waals surface area (Å²) in [7, 11) is 1.79. The number of methoxy groups -OCH3 is 1. The third-order valence-electron chi connectivity index (χ3n) is 3.92. The number of anilines is 1. The maximum Gasteiger partial charge on any atom is 0.225 e. The summed E-state index contributed by atoms with van der Waals surface area (Å²) in [6.07, 6.45) is 3.51. The van der Waals surface area contributed by atoms with Crippen LogP contribution in [0.3, 0.4) is 0 Å². The molecule has 0 aliphatic heterocycles. The molecule has 1 aliphatic rings. The highest BCUT2D eigenvalue weighted by atomic mass is 32.1. The van der Waals surface area contributed by atoms with E-state index in [1.54, 1.807) is 18.9 Å². The zero-order chi connectivity index (χ0) is 14.6. The standard InChI is InChI=1S/C14H23N3O2S/c1-4-17(11(2)18)13-16-12(9-20-13)8-15-10-14(19-3)6-5-7-14/h9,15H,4-8,10H2,1-3H3. The van der Waals surface area contributed by atoms with Crippen molar-refractivity contribution in [1.29, 1.82) is 0 Å². The molecule has 112 valence electrons. The van der Waals surface area contributed by atoms with Crippen LogP contribution < -0.4 is 10.2 Å². The van der Waals surface area contributed by atoms with Crippen LogP contribution in [0.4, 0.5) is 5.13 Å². The SMILES string of the molecule is CCN(C(C)=O)c1nc(CNCC2(OC)CCC2)cs1. The fourth-order valence-electron chi connectivity index (χ4n) is 2.44. The van der Waals surface area contributed by atoms with Gasteiger partial charge in [0.25, 0.3) is 0 Å². The van der Waals surface area contributed by atoms with E-state index >= 15 is 0 Å². The normalized spacial score (nSPS) is 16.8. The lowest BCUT2D eigenvalue weighted by molar-refractivity contribution is -0.116. The first-order valence-corrected chi connectivity index (χ1v) is 7.96. The van der Waals surface area contributed by atoms with Gasteiger partial charge < -0.3 is 10.1 Å². The molecule has 0 atom stereocenters. The molecule has 1 amide bonds. The number of thiazole rings is 1. The summed E-state index contributed by atoms with van der Waals surface area (Å²) in [5.41, 5.74) is 1.02. The van der Waals surface area contributed by atoms with Gasteiger partial charge in [0.2, 0.25) is 5.91 Å². The van der Waals surface area contributed by atoms with E-state index in [1.165, 1.54) is 17.8 Å². The molecule has 0 bridgehead atoms. The van der Waals surface area contributed by atoms with Crippen molar-refractivity contribution in [2.45, 2.75) is 45.3 Å². The fourth-order valence-corrected chi connectivity index (χ4v) is 3.37. The van der Waals surface area contributed by atoms with Gasteiger partial charge in [-0.3, -0.25) is 9.69 Å². The van der Waals surface area contributed by atoms with Crippen LogP contribution in [0.1, 0.15) is 38.8 Å². The van der Waals surface area contributed by atoms with Gasteiger partial charge in [-0.15, -0.1) is 11.3 Å². The molecule has 1 aromatic heterocycles. The lowest BCUT2D eigenvalue weighted by atomic mass is 9.80. The third-order valence-corrected chi connectivity index (χ3v) is 4.83. The van der Waals surface area contributed by atoms with Gasteiger partial charge in [0.15, 0.2) is 5.13 Å². The lowest BCUT2D eigenvalue weighted by Crippen LogP contribution is -2.47. The summed E-state index contributed by atoms with van der Waals surface area (Å²) in [6, 6.07) is 0. The van der Waals surface area contributed by atoms with Crippen molar-refractivity contribution in [3.05, 3.63) is 11.1 Å². The van der Waals surface area contributed by atoms with E-state index in [0.717, 1.165) is 36.8 Å². The van der Waals surface area contributed by atoms with Crippen molar-refractivity contribution >= 4 is 22.4 Å². The highest BCUT2D eigenvalue weighted by molar-refractivity contribution is 7.14. The molecule has 0 radical (unpaired) electrons. The predicted molar refractivity (Wildman–Crippen MR) is 81.1 cm³/mol. The Kier molecular flexibility index (Phi) is 5.12. The Morgan fingerprint density at radius 1 is 1.60 bits per heavy atom. The van der Waals surface area contributed by atoms with Crippen molar-refractivity contribution in [3.63, 3.8) is 0 Å². The highest BCUT2D eigenvalue weighted by Gasteiger charge is 2.36. The molecule has 0 unspecified atom stereocenters. The monoisotopic (exact) mass is 297 g/mol. The second-order valence-electron chi connectivity index (χ2n) is 5.23.